The molecule has 1 aromatic heterocycles. The van der Waals surface area contributed by atoms with E-state index in [1.54, 1.807) is 0 Å². The van der Waals surface area contributed by atoms with Gasteiger partial charge in [-0.15, -0.1) is 11.3 Å². The molecule has 1 N–H and O–H groups in total. The Balaban J connectivity index is 1.81. The van der Waals surface area contributed by atoms with Crippen LogP contribution in [0.15, 0.2) is 30.3 Å². The normalized spacial score (nSPS) is 14.7. The Morgan fingerprint density at radius 2 is 1.97 bits per heavy atom. The summed E-state index contributed by atoms with van der Waals surface area (Å²) >= 11 is 1.54. The Kier molecular flexibility index (Phi) is 8.67. The lowest BCUT2D eigenvalue weighted by Crippen LogP contribution is -2.30. The molecule has 2 heterocycles. The number of ether oxygens (including phenoxy) is 1. The quantitative estimate of drug-likeness (QED) is 0.484. The van der Waals surface area contributed by atoms with Crippen LogP contribution in [0.5, 0.6) is 0 Å². The molecule has 6 heteroatoms. The van der Waals surface area contributed by atoms with Gasteiger partial charge in [-0.3, -0.25) is 9.69 Å². The molecular formula is C25H34N2O3S. The Labute approximate surface area is 189 Å². The number of anilines is 1. The van der Waals surface area contributed by atoms with Crippen LogP contribution in [0.2, 0.25) is 0 Å². The second-order valence-electron chi connectivity index (χ2n) is 8.11. The minimum absolute atomic E-state index is 0.0150. The van der Waals surface area contributed by atoms with Crippen molar-refractivity contribution in [3.63, 3.8) is 0 Å². The molecule has 1 amide bonds. The predicted molar refractivity (Wildman–Crippen MR) is 126 cm³/mol. The monoisotopic (exact) mass is 442 g/mol. The van der Waals surface area contributed by atoms with Crippen molar-refractivity contribution >= 4 is 28.2 Å². The third-order valence-corrected chi connectivity index (χ3v) is 7.00. The summed E-state index contributed by atoms with van der Waals surface area (Å²) in [6.45, 7) is 8.87. The molecule has 31 heavy (non-hydrogen) atoms. The first-order valence-corrected chi connectivity index (χ1v) is 12.3. The number of fused-ring (bicyclic) bond motifs is 1. The minimum atomic E-state index is -0.326. The SMILES string of the molecule is CCCC[C@H](CC)C(=O)Nc1sc2c(c1C(=O)OCC)CCN(Cc1ccccc1)C2. The molecule has 0 fully saturated rings. The van der Waals surface area contributed by atoms with Crippen molar-refractivity contribution in [2.24, 2.45) is 5.92 Å². The fourth-order valence-corrected chi connectivity index (χ4v) is 5.41. The fourth-order valence-electron chi connectivity index (χ4n) is 4.13. The first-order chi connectivity index (χ1) is 15.1. The lowest BCUT2D eigenvalue weighted by Gasteiger charge is -2.27. The molecule has 1 aliphatic heterocycles. The summed E-state index contributed by atoms with van der Waals surface area (Å²) in [6.07, 6.45) is 4.57. The number of hydrogen-bond donors (Lipinski definition) is 1. The first-order valence-electron chi connectivity index (χ1n) is 11.5. The maximum Gasteiger partial charge on any atom is 0.341 e. The van der Waals surface area contributed by atoms with Gasteiger partial charge in [-0.1, -0.05) is 57.0 Å². The maximum absolute atomic E-state index is 12.9. The number of thiophene rings is 1. The van der Waals surface area contributed by atoms with E-state index in [-0.39, 0.29) is 17.8 Å². The van der Waals surface area contributed by atoms with Crippen LogP contribution in [-0.2, 0) is 29.0 Å². The molecule has 3 rings (SSSR count). The number of amides is 1. The van der Waals surface area contributed by atoms with Crippen LogP contribution in [0.25, 0.3) is 0 Å². The molecule has 5 nitrogen and oxygen atoms in total. The maximum atomic E-state index is 12.9. The van der Waals surface area contributed by atoms with E-state index in [0.29, 0.717) is 17.2 Å². The van der Waals surface area contributed by atoms with Gasteiger partial charge in [0.2, 0.25) is 5.91 Å². The van der Waals surface area contributed by atoms with Gasteiger partial charge in [0.15, 0.2) is 0 Å². The zero-order chi connectivity index (χ0) is 22.2. The molecule has 0 bridgehead atoms. The van der Waals surface area contributed by atoms with Gasteiger partial charge in [-0.2, -0.15) is 0 Å². The minimum Gasteiger partial charge on any atom is -0.462 e. The van der Waals surface area contributed by atoms with Gasteiger partial charge >= 0.3 is 5.97 Å². The van der Waals surface area contributed by atoms with Crippen LogP contribution in [0.3, 0.4) is 0 Å². The Hall–Kier alpha value is -2.18. The van der Waals surface area contributed by atoms with Gasteiger partial charge in [0.1, 0.15) is 5.00 Å². The van der Waals surface area contributed by atoms with E-state index < -0.39 is 0 Å². The van der Waals surface area contributed by atoms with Crippen LogP contribution in [-0.4, -0.2) is 29.9 Å². The van der Waals surface area contributed by atoms with Gasteiger partial charge in [0, 0.05) is 30.4 Å². The fraction of sp³-hybridized carbons (Fsp3) is 0.520. The Morgan fingerprint density at radius 3 is 2.65 bits per heavy atom. The number of nitrogens with one attached hydrogen (secondary N) is 1. The van der Waals surface area contributed by atoms with Gasteiger partial charge in [0.05, 0.1) is 12.2 Å². The van der Waals surface area contributed by atoms with Gasteiger partial charge in [0.25, 0.3) is 0 Å². The number of carbonyl (C=O) groups is 2. The molecule has 168 valence electrons. The lowest BCUT2D eigenvalue weighted by molar-refractivity contribution is -0.120. The Bertz CT molecular complexity index is 878. The van der Waals surface area contributed by atoms with E-state index >= 15 is 0 Å². The molecule has 1 aromatic carbocycles. The molecular weight excluding hydrogens is 408 g/mol. The van der Waals surface area contributed by atoms with E-state index in [0.717, 1.165) is 62.2 Å². The molecule has 1 aliphatic rings. The third kappa shape index (κ3) is 5.95. The van der Waals surface area contributed by atoms with Crippen molar-refractivity contribution in [1.82, 2.24) is 4.90 Å². The van der Waals surface area contributed by atoms with Crippen LogP contribution < -0.4 is 5.32 Å². The summed E-state index contributed by atoms with van der Waals surface area (Å²) in [6, 6.07) is 10.4. The highest BCUT2D eigenvalue weighted by Crippen LogP contribution is 2.38. The number of nitrogens with zero attached hydrogens (tertiary/aromatic N) is 1. The van der Waals surface area contributed by atoms with E-state index in [2.05, 4.69) is 41.4 Å². The van der Waals surface area contributed by atoms with Crippen molar-refractivity contribution < 1.29 is 14.3 Å². The molecule has 0 spiro atoms. The van der Waals surface area contributed by atoms with Crippen LogP contribution in [0.4, 0.5) is 5.00 Å². The number of benzene rings is 1. The van der Waals surface area contributed by atoms with Gasteiger partial charge < -0.3 is 10.1 Å². The molecule has 0 saturated carbocycles. The second kappa shape index (κ2) is 11.4. The van der Waals surface area contributed by atoms with Crippen LogP contribution >= 0.6 is 11.3 Å². The summed E-state index contributed by atoms with van der Waals surface area (Å²) in [7, 11) is 0. The highest BCUT2D eigenvalue weighted by Gasteiger charge is 2.30. The molecule has 2 aromatic rings. The number of rotatable bonds is 10. The average Bonchev–Trinajstić information content (AvgIpc) is 3.12. The third-order valence-electron chi connectivity index (χ3n) is 5.87. The standard InChI is InChI=1S/C25H34N2O3S/c1-4-7-13-19(5-2)23(28)26-24-22(25(29)30-6-3)20-14-15-27(17-21(20)31-24)16-18-11-9-8-10-12-18/h8-12,19H,4-7,13-17H2,1-3H3,(H,26,28)/t19-/m0/s1. The summed E-state index contributed by atoms with van der Waals surface area (Å²) in [5.74, 6) is -0.335. The number of esters is 1. The highest BCUT2D eigenvalue weighted by atomic mass is 32.1. The summed E-state index contributed by atoms with van der Waals surface area (Å²) < 4.78 is 5.35. The highest BCUT2D eigenvalue weighted by molar-refractivity contribution is 7.17. The summed E-state index contributed by atoms with van der Waals surface area (Å²) in [4.78, 5) is 29.3. The number of hydrogen-bond acceptors (Lipinski definition) is 5. The largest absolute Gasteiger partial charge is 0.462 e. The first kappa shape index (κ1) is 23.5. The molecule has 1 atom stereocenters. The topological polar surface area (TPSA) is 58.6 Å². The molecule has 0 saturated heterocycles. The van der Waals surface area contributed by atoms with E-state index in [1.807, 2.05) is 19.9 Å². The Morgan fingerprint density at radius 1 is 1.19 bits per heavy atom. The number of unbranched alkanes of at least 4 members (excludes halogenated alkanes) is 1. The summed E-state index contributed by atoms with van der Waals surface area (Å²) in [5.41, 5.74) is 2.90. The van der Waals surface area contributed by atoms with Crippen molar-refractivity contribution in [2.45, 2.75) is 66.0 Å². The van der Waals surface area contributed by atoms with Gasteiger partial charge in [-0.05, 0) is 37.3 Å². The molecule has 0 aliphatic carbocycles. The van der Waals surface area contributed by atoms with Crippen molar-refractivity contribution in [1.29, 1.82) is 0 Å². The van der Waals surface area contributed by atoms with Crippen molar-refractivity contribution in [3.8, 4) is 0 Å². The van der Waals surface area contributed by atoms with Crippen molar-refractivity contribution in [2.75, 3.05) is 18.5 Å². The average molecular weight is 443 g/mol. The van der Waals surface area contributed by atoms with E-state index in [1.165, 1.54) is 16.9 Å². The second-order valence-corrected chi connectivity index (χ2v) is 9.22. The smallest absolute Gasteiger partial charge is 0.341 e. The van der Waals surface area contributed by atoms with Crippen LogP contribution in [0.1, 0.15) is 72.8 Å². The lowest BCUT2D eigenvalue weighted by atomic mass is 9.98. The van der Waals surface area contributed by atoms with E-state index in [9.17, 15) is 9.59 Å². The van der Waals surface area contributed by atoms with Crippen LogP contribution in [0, 0.1) is 5.92 Å². The molecule has 0 radical (unpaired) electrons. The van der Waals surface area contributed by atoms with Gasteiger partial charge in [-0.25, -0.2) is 4.79 Å². The predicted octanol–water partition coefficient (Wildman–Crippen LogP) is 5.64. The molecule has 0 unspecified atom stereocenters. The van der Waals surface area contributed by atoms with Crippen molar-refractivity contribution in [3.05, 3.63) is 51.9 Å². The zero-order valence-corrected chi connectivity index (χ0v) is 19.7. The summed E-state index contributed by atoms with van der Waals surface area (Å²) in [5, 5.41) is 3.75. The number of carbonyl (C=O) groups excluding carboxylic acids is 2. The van der Waals surface area contributed by atoms with E-state index in [4.69, 9.17) is 4.74 Å². The zero-order valence-electron chi connectivity index (χ0n) is 18.9.